The molecule has 1 fully saturated rings. The molecule has 2 aromatic carbocycles. The van der Waals surface area contributed by atoms with E-state index in [1.54, 1.807) is 0 Å². The van der Waals surface area contributed by atoms with E-state index in [9.17, 15) is 0 Å². The van der Waals surface area contributed by atoms with E-state index in [1.807, 2.05) is 0 Å². The van der Waals surface area contributed by atoms with E-state index in [1.165, 1.54) is 10.4 Å². The van der Waals surface area contributed by atoms with Crippen molar-refractivity contribution in [3.8, 4) is 0 Å². The van der Waals surface area contributed by atoms with Gasteiger partial charge in [0.05, 0.1) is 24.9 Å². The van der Waals surface area contributed by atoms with E-state index in [0.717, 1.165) is 6.42 Å². The van der Waals surface area contributed by atoms with E-state index in [2.05, 4.69) is 122 Å². The lowest BCUT2D eigenvalue weighted by Crippen LogP contribution is -2.67. The monoisotopic (exact) mass is 527 g/mol. The van der Waals surface area contributed by atoms with Gasteiger partial charge in [0.25, 0.3) is 8.32 Å². The maximum atomic E-state index is 7.20. The molecule has 3 rings (SSSR count). The maximum absolute atomic E-state index is 7.20. The van der Waals surface area contributed by atoms with Crippen molar-refractivity contribution in [1.29, 1.82) is 0 Å². The Morgan fingerprint density at radius 1 is 0.833 bits per heavy atom. The summed E-state index contributed by atoms with van der Waals surface area (Å²) >= 11 is 0. The molecule has 4 atom stereocenters. The van der Waals surface area contributed by atoms with Crippen molar-refractivity contribution in [2.45, 2.75) is 96.4 Å². The predicted molar refractivity (Wildman–Crippen MR) is 157 cm³/mol. The Bertz CT molecular complexity index is 914. The molecule has 0 aliphatic carbocycles. The largest absolute Gasteiger partial charge is 0.411 e. The molecule has 1 heterocycles. The van der Waals surface area contributed by atoms with Crippen LogP contribution in [0.2, 0.25) is 23.2 Å². The number of hydrogen-bond acceptors (Lipinski definition) is 4. The molecule has 6 heteroatoms. The summed E-state index contributed by atoms with van der Waals surface area (Å²) in [6.07, 6.45) is 0.862. The zero-order valence-corrected chi connectivity index (χ0v) is 26.0. The standard InChI is InChI=1S/C30H49NO3Si2/c1-23-20-26(34-35(8,9)29(2,3)4)27(21-31)33-28(23)22-32-36(30(5,6)7,24-16-12-10-13-17-24)25-18-14-11-15-19-25/h10-19,23,26-28H,20-22,31H2,1-9H3/t23-,26-,27+,28-/m0/s1. The van der Waals surface area contributed by atoms with Crippen molar-refractivity contribution < 1.29 is 13.6 Å². The van der Waals surface area contributed by atoms with Gasteiger partial charge in [0, 0.05) is 6.54 Å². The van der Waals surface area contributed by atoms with Crippen LogP contribution in [-0.4, -0.2) is 48.1 Å². The summed E-state index contributed by atoms with van der Waals surface area (Å²) in [5.41, 5.74) is 6.24. The van der Waals surface area contributed by atoms with E-state index < -0.39 is 16.6 Å². The molecule has 0 unspecified atom stereocenters. The lowest BCUT2D eigenvalue weighted by molar-refractivity contribution is -0.143. The number of ether oxygens (including phenoxy) is 1. The second-order valence-electron chi connectivity index (χ2n) is 13.1. The Kier molecular flexibility index (Phi) is 9.12. The molecule has 2 aromatic rings. The molecule has 0 bridgehead atoms. The third-order valence-electron chi connectivity index (χ3n) is 8.37. The zero-order chi connectivity index (χ0) is 26.8. The van der Waals surface area contributed by atoms with Crippen molar-refractivity contribution in [2.24, 2.45) is 11.7 Å². The van der Waals surface area contributed by atoms with E-state index >= 15 is 0 Å². The van der Waals surface area contributed by atoms with Gasteiger partial charge in [0.2, 0.25) is 0 Å². The van der Waals surface area contributed by atoms with Gasteiger partial charge in [0.15, 0.2) is 8.32 Å². The second kappa shape index (κ2) is 11.2. The van der Waals surface area contributed by atoms with Gasteiger partial charge in [-0.3, -0.25) is 0 Å². The Balaban J connectivity index is 1.88. The SMILES string of the molecule is C[C@H]1C[C@H](O[Si](C)(C)C(C)(C)C)[C@@H](CN)O[C@H]1CO[Si](c1ccccc1)(c1ccccc1)C(C)(C)C. The molecular formula is C30H49NO3Si2. The molecule has 0 amide bonds. The molecule has 1 aliphatic heterocycles. The minimum Gasteiger partial charge on any atom is -0.411 e. The van der Waals surface area contributed by atoms with Crippen molar-refractivity contribution in [1.82, 2.24) is 0 Å². The molecule has 200 valence electrons. The summed E-state index contributed by atoms with van der Waals surface area (Å²) < 4.78 is 20.7. The molecule has 0 radical (unpaired) electrons. The van der Waals surface area contributed by atoms with Crippen molar-refractivity contribution in [3.05, 3.63) is 60.7 Å². The first-order valence-electron chi connectivity index (χ1n) is 13.5. The zero-order valence-electron chi connectivity index (χ0n) is 24.0. The number of rotatable bonds is 8. The number of hydrogen-bond donors (Lipinski definition) is 1. The number of benzene rings is 2. The summed E-state index contributed by atoms with van der Waals surface area (Å²) in [7, 11) is -4.53. The third kappa shape index (κ3) is 6.06. The van der Waals surface area contributed by atoms with Gasteiger partial charge in [-0.05, 0) is 45.9 Å². The van der Waals surface area contributed by atoms with Gasteiger partial charge < -0.3 is 19.3 Å². The van der Waals surface area contributed by atoms with Crippen LogP contribution in [0.5, 0.6) is 0 Å². The van der Waals surface area contributed by atoms with Crippen LogP contribution in [0.1, 0.15) is 54.9 Å². The lowest BCUT2D eigenvalue weighted by atomic mass is 9.91. The van der Waals surface area contributed by atoms with Gasteiger partial charge in [-0.25, -0.2) is 0 Å². The van der Waals surface area contributed by atoms with Crippen LogP contribution < -0.4 is 16.1 Å². The highest BCUT2D eigenvalue weighted by Gasteiger charge is 2.51. The minimum atomic E-state index is -2.61. The Hall–Kier alpha value is -1.29. The van der Waals surface area contributed by atoms with E-state index in [0.29, 0.717) is 19.1 Å². The molecular weight excluding hydrogens is 479 g/mol. The van der Waals surface area contributed by atoms with E-state index in [4.69, 9.17) is 19.3 Å². The molecule has 0 aromatic heterocycles. The molecule has 0 saturated carbocycles. The van der Waals surface area contributed by atoms with Crippen LogP contribution in [0, 0.1) is 5.92 Å². The third-order valence-corrected chi connectivity index (χ3v) is 17.9. The Morgan fingerprint density at radius 2 is 1.33 bits per heavy atom. The summed E-state index contributed by atoms with van der Waals surface area (Å²) in [6, 6.07) is 21.6. The second-order valence-corrected chi connectivity index (χ2v) is 22.1. The molecule has 4 nitrogen and oxygen atoms in total. The average Bonchev–Trinajstić information content (AvgIpc) is 2.80. The molecule has 1 aliphatic rings. The van der Waals surface area contributed by atoms with Crippen LogP contribution in [0.15, 0.2) is 60.7 Å². The lowest BCUT2D eigenvalue weighted by Gasteiger charge is -2.48. The molecule has 36 heavy (non-hydrogen) atoms. The fourth-order valence-electron chi connectivity index (χ4n) is 5.18. The first-order chi connectivity index (χ1) is 16.7. The molecule has 2 N–H and O–H groups in total. The molecule has 1 saturated heterocycles. The first-order valence-corrected chi connectivity index (χ1v) is 18.3. The van der Waals surface area contributed by atoms with Crippen LogP contribution in [0.4, 0.5) is 0 Å². The highest BCUT2D eigenvalue weighted by Crippen LogP contribution is 2.41. The maximum Gasteiger partial charge on any atom is 0.261 e. The van der Waals surface area contributed by atoms with Gasteiger partial charge in [-0.15, -0.1) is 0 Å². The van der Waals surface area contributed by atoms with Gasteiger partial charge in [-0.2, -0.15) is 0 Å². The van der Waals surface area contributed by atoms with Crippen LogP contribution in [0.25, 0.3) is 0 Å². The number of nitrogens with two attached hydrogens (primary N) is 1. The van der Waals surface area contributed by atoms with Crippen LogP contribution in [-0.2, 0) is 13.6 Å². The summed E-state index contributed by atoms with van der Waals surface area (Å²) in [5, 5.41) is 2.68. The van der Waals surface area contributed by atoms with Crippen molar-refractivity contribution in [2.75, 3.05) is 13.2 Å². The summed E-state index contributed by atoms with van der Waals surface area (Å²) in [6.45, 7) is 21.7. The first kappa shape index (κ1) is 29.3. The van der Waals surface area contributed by atoms with Gasteiger partial charge in [0.1, 0.15) is 0 Å². The quantitative estimate of drug-likeness (QED) is 0.447. The van der Waals surface area contributed by atoms with Crippen LogP contribution >= 0.6 is 0 Å². The highest BCUT2D eigenvalue weighted by atomic mass is 28.4. The van der Waals surface area contributed by atoms with Crippen LogP contribution in [0.3, 0.4) is 0 Å². The smallest absolute Gasteiger partial charge is 0.261 e. The normalized spacial score (nSPS) is 24.1. The minimum absolute atomic E-state index is 0.0144. The van der Waals surface area contributed by atoms with Gasteiger partial charge in [-0.1, -0.05) is 109 Å². The van der Waals surface area contributed by atoms with Gasteiger partial charge >= 0.3 is 0 Å². The Labute approximate surface area is 222 Å². The topological polar surface area (TPSA) is 53.7 Å². The fourth-order valence-corrected chi connectivity index (χ4v) is 11.1. The van der Waals surface area contributed by atoms with Crippen molar-refractivity contribution >= 4 is 27.0 Å². The van der Waals surface area contributed by atoms with E-state index in [-0.39, 0.29) is 28.4 Å². The highest BCUT2D eigenvalue weighted by molar-refractivity contribution is 6.99. The van der Waals surface area contributed by atoms with Crippen molar-refractivity contribution in [3.63, 3.8) is 0 Å². The predicted octanol–water partition coefficient (Wildman–Crippen LogP) is 5.71. The summed E-state index contributed by atoms with van der Waals surface area (Å²) in [4.78, 5) is 0. The fraction of sp³-hybridized carbons (Fsp3) is 0.600. The Morgan fingerprint density at radius 3 is 1.75 bits per heavy atom. The molecule has 0 spiro atoms. The summed E-state index contributed by atoms with van der Waals surface area (Å²) in [5.74, 6) is 0.320. The average molecular weight is 528 g/mol.